The summed E-state index contributed by atoms with van der Waals surface area (Å²) in [5, 5.41) is 0. The summed E-state index contributed by atoms with van der Waals surface area (Å²) in [7, 11) is 0. The molecule has 2 nitrogen and oxygen atoms in total. The molecule has 20 heavy (non-hydrogen) atoms. The molecule has 0 aromatic heterocycles. The molecule has 4 rings (SSSR count). The number of hydrogen-bond donors (Lipinski definition) is 0. The smallest absolute Gasteiger partial charge is 0.122 e. The van der Waals surface area contributed by atoms with Crippen LogP contribution < -0.4 is 4.74 Å². The molecule has 0 spiro atoms. The first-order valence-corrected chi connectivity index (χ1v) is 8.85. The van der Waals surface area contributed by atoms with Crippen LogP contribution in [0, 0.1) is 0 Å². The van der Waals surface area contributed by atoms with E-state index in [0.717, 1.165) is 35.7 Å². The Bertz CT molecular complexity index is 490. The minimum absolute atomic E-state index is 0.758. The fourth-order valence-electron chi connectivity index (χ4n) is 4.23. The first-order valence-electron chi connectivity index (χ1n) is 7.94. The van der Waals surface area contributed by atoms with Gasteiger partial charge in [0.1, 0.15) is 5.75 Å². The highest BCUT2D eigenvalue weighted by Crippen LogP contribution is 2.38. The van der Waals surface area contributed by atoms with Gasteiger partial charge in [0.15, 0.2) is 0 Å². The first-order chi connectivity index (χ1) is 9.79. The van der Waals surface area contributed by atoms with Crippen LogP contribution in [0.1, 0.15) is 36.8 Å². The molecule has 2 saturated heterocycles. The van der Waals surface area contributed by atoms with E-state index in [1.54, 1.807) is 0 Å². The zero-order valence-electron chi connectivity index (χ0n) is 11.9. The first kappa shape index (κ1) is 13.1. The Morgan fingerprint density at radius 2 is 2.00 bits per heavy atom. The quantitative estimate of drug-likeness (QED) is 0.783. The zero-order chi connectivity index (χ0) is 13.5. The molecule has 3 heteroatoms. The number of alkyl halides is 1. The molecule has 108 valence electrons. The minimum atomic E-state index is 0.758. The maximum atomic E-state index is 5.59. The summed E-state index contributed by atoms with van der Waals surface area (Å²) < 4.78 is 5.59. The second-order valence-electron chi connectivity index (χ2n) is 6.48. The second-order valence-corrected chi connectivity index (χ2v) is 7.78. The van der Waals surface area contributed by atoms with E-state index in [0.29, 0.717) is 0 Å². The topological polar surface area (TPSA) is 12.5 Å². The third-order valence-corrected chi connectivity index (χ3v) is 5.99. The molecule has 3 aliphatic rings. The van der Waals surface area contributed by atoms with Gasteiger partial charge in [-0.05, 0) is 49.3 Å². The van der Waals surface area contributed by atoms with Crippen molar-refractivity contribution in [2.45, 2.75) is 55.4 Å². The van der Waals surface area contributed by atoms with Crippen molar-refractivity contribution in [3.05, 3.63) is 29.3 Å². The summed E-state index contributed by atoms with van der Waals surface area (Å²) in [6.45, 7) is 2.09. The van der Waals surface area contributed by atoms with Gasteiger partial charge in [0.05, 0.1) is 6.61 Å². The van der Waals surface area contributed by atoms with E-state index in [9.17, 15) is 0 Å². The van der Waals surface area contributed by atoms with E-state index >= 15 is 0 Å². The van der Waals surface area contributed by atoms with Crippen molar-refractivity contribution < 1.29 is 4.74 Å². The number of piperidine rings is 1. The van der Waals surface area contributed by atoms with Crippen LogP contribution in [-0.2, 0) is 12.8 Å². The largest absolute Gasteiger partial charge is 0.493 e. The van der Waals surface area contributed by atoms with Crippen molar-refractivity contribution in [1.29, 1.82) is 0 Å². The fraction of sp³-hybridized carbons (Fsp3) is 0.647. The average Bonchev–Trinajstić information content (AvgIpc) is 2.99. The number of hydrogen-bond acceptors (Lipinski definition) is 2. The van der Waals surface area contributed by atoms with Gasteiger partial charge in [-0.15, -0.1) is 0 Å². The molecule has 1 aromatic rings. The van der Waals surface area contributed by atoms with Crippen LogP contribution in [0.2, 0.25) is 0 Å². The van der Waals surface area contributed by atoms with E-state index in [1.165, 1.54) is 49.8 Å². The molecule has 2 fully saturated rings. The maximum absolute atomic E-state index is 5.59. The van der Waals surface area contributed by atoms with Crippen molar-refractivity contribution in [3.63, 3.8) is 0 Å². The minimum Gasteiger partial charge on any atom is -0.493 e. The molecule has 0 aliphatic carbocycles. The lowest BCUT2D eigenvalue weighted by atomic mass is 10.0. The van der Waals surface area contributed by atoms with Crippen LogP contribution in [-0.4, -0.2) is 35.0 Å². The SMILES string of the molecule is BrC1CC2CCC(C1)N2CCc1ccc2c(c1)CCO2. The Morgan fingerprint density at radius 3 is 2.80 bits per heavy atom. The van der Waals surface area contributed by atoms with E-state index < -0.39 is 0 Å². The van der Waals surface area contributed by atoms with E-state index in [4.69, 9.17) is 4.74 Å². The third kappa shape index (κ3) is 2.39. The molecule has 3 aliphatic heterocycles. The summed E-state index contributed by atoms with van der Waals surface area (Å²) in [6, 6.07) is 8.44. The Hall–Kier alpha value is -0.540. The second kappa shape index (κ2) is 5.34. The maximum Gasteiger partial charge on any atom is 0.122 e. The van der Waals surface area contributed by atoms with Gasteiger partial charge in [-0.1, -0.05) is 28.1 Å². The molecule has 1 aromatic carbocycles. The van der Waals surface area contributed by atoms with Crippen molar-refractivity contribution in [1.82, 2.24) is 4.90 Å². The number of fused-ring (bicyclic) bond motifs is 3. The number of rotatable bonds is 3. The van der Waals surface area contributed by atoms with Gasteiger partial charge in [0.25, 0.3) is 0 Å². The zero-order valence-corrected chi connectivity index (χ0v) is 13.4. The van der Waals surface area contributed by atoms with E-state index in [-0.39, 0.29) is 0 Å². The molecule has 0 radical (unpaired) electrons. The highest BCUT2D eigenvalue weighted by atomic mass is 79.9. The lowest BCUT2D eigenvalue weighted by Gasteiger charge is -2.37. The Morgan fingerprint density at radius 1 is 1.20 bits per heavy atom. The lowest BCUT2D eigenvalue weighted by molar-refractivity contribution is 0.147. The van der Waals surface area contributed by atoms with Crippen molar-refractivity contribution in [2.75, 3.05) is 13.2 Å². The van der Waals surface area contributed by atoms with E-state index in [1.807, 2.05) is 0 Å². The van der Waals surface area contributed by atoms with Crippen molar-refractivity contribution >= 4 is 15.9 Å². The highest BCUT2D eigenvalue weighted by Gasteiger charge is 2.39. The Balaban J connectivity index is 1.41. The Kier molecular flexibility index (Phi) is 3.51. The molecule has 3 heterocycles. The predicted molar refractivity (Wildman–Crippen MR) is 84.8 cm³/mol. The van der Waals surface area contributed by atoms with Crippen LogP contribution in [0.15, 0.2) is 18.2 Å². The van der Waals surface area contributed by atoms with Crippen LogP contribution in [0.4, 0.5) is 0 Å². The number of ether oxygens (including phenoxy) is 1. The van der Waals surface area contributed by atoms with E-state index in [2.05, 4.69) is 39.0 Å². The molecule has 0 saturated carbocycles. The monoisotopic (exact) mass is 335 g/mol. The predicted octanol–water partition coefficient (Wildman–Crippen LogP) is 3.55. The lowest BCUT2D eigenvalue weighted by Crippen LogP contribution is -2.44. The van der Waals surface area contributed by atoms with Gasteiger partial charge < -0.3 is 4.74 Å². The van der Waals surface area contributed by atoms with Crippen LogP contribution in [0.5, 0.6) is 5.75 Å². The van der Waals surface area contributed by atoms with Gasteiger partial charge in [-0.25, -0.2) is 0 Å². The van der Waals surface area contributed by atoms with Crippen LogP contribution >= 0.6 is 15.9 Å². The molecule has 2 atom stereocenters. The summed E-state index contributed by atoms with van der Waals surface area (Å²) in [5.41, 5.74) is 2.89. The van der Waals surface area contributed by atoms with Crippen LogP contribution in [0.25, 0.3) is 0 Å². The van der Waals surface area contributed by atoms with Crippen LogP contribution in [0.3, 0.4) is 0 Å². The summed E-state index contributed by atoms with van der Waals surface area (Å²) in [4.78, 5) is 3.54. The molecular formula is C17H22BrNO. The fourth-order valence-corrected chi connectivity index (χ4v) is 5.09. The summed E-state index contributed by atoms with van der Waals surface area (Å²) in [6.07, 6.45) is 7.77. The standard InChI is InChI=1S/C17H22BrNO/c18-14-10-15-2-3-16(11-14)19(15)7-5-12-1-4-17-13(9-12)6-8-20-17/h1,4,9,14-16H,2-3,5-8,10-11H2. The summed E-state index contributed by atoms with van der Waals surface area (Å²) in [5.74, 6) is 1.11. The van der Waals surface area contributed by atoms with Gasteiger partial charge in [-0.3, -0.25) is 4.90 Å². The number of nitrogens with zero attached hydrogens (tertiary/aromatic N) is 1. The number of benzene rings is 1. The van der Waals surface area contributed by atoms with Gasteiger partial charge >= 0.3 is 0 Å². The number of halogens is 1. The highest BCUT2D eigenvalue weighted by molar-refractivity contribution is 9.09. The molecule has 2 bridgehead atoms. The van der Waals surface area contributed by atoms with Crippen molar-refractivity contribution in [2.24, 2.45) is 0 Å². The van der Waals surface area contributed by atoms with Gasteiger partial charge in [0.2, 0.25) is 0 Å². The Labute approximate surface area is 129 Å². The molecule has 0 amide bonds. The molecular weight excluding hydrogens is 314 g/mol. The average molecular weight is 336 g/mol. The summed E-state index contributed by atoms with van der Waals surface area (Å²) >= 11 is 3.83. The molecule has 2 unspecified atom stereocenters. The third-order valence-electron chi connectivity index (χ3n) is 5.24. The van der Waals surface area contributed by atoms with Crippen molar-refractivity contribution in [3.8, 4) is 5.75 Å². The normalized spacial score (nSPS) is 32.1. The van der Waals surface area contributed by atoms with Gasteiger partial charge in [0, 0.05) is 29.9 Å². The van der Waals surface area contributed by atoms with Gasteiger partial charge in [-0.2, -0.15) is 0 Å². The molecule has 0 N–H and O–H groups in total.